The highest BCUT2D eigenvalue weighted by atomic mass is 15.1. The summed E-state index contributed by atoms with van der Waals surface area (Å²) in [4.78, 5) is 18.2. The van der Waals surface area contributed by atoms with Crippen molar-refractivity contribution in [3.05, 3.63) is 43.0 Å². The summed E-state index contributed by atoms with van der Waals surface area (Å²) in [6, 6.07) is 5.96. The molecule has 0 spiro atoms. The van der Waals surface area contributed by atoms with Crippen molar-refractivity contribution in [1.29, 1.82) is 0 Å². The van der Waals surface area contributed by atoms with Gasteiger partial charge in [0.15, 0.2) is 5.82 Å². The Kier molecular flexibility index (Phi) is 3.93. The van der Waals surface area contributed by atoms with Crippen molar-refractivity contribution < 1.29 is 0 Å². The monoisotopic (exact) mass is 399 g/mol. The zero-order chi connectivity index (χ0) is 20.3. The first-order valence-corrected chi connectivity index (χ1v) is 11.3. The molecule has 5 nitrogen and oxygen atoms in total. The number of nitrogens with zero attached hydrogens (tertiary/aromatic N) is 4. The van der Waals surface area contributed by atoms with Gasteiger partial charge in [-0.2, -0.15) is 0 Å². The van der Waals surface area contributed by atoms with Crippen LogP contribution < -0.4 is 5.32 Å². The van der Waals surface area contributed by atoms with E-state index in [0.717, 1.165) is 45.9 Å². The molecule has 0 aliphatic heterocycles. The Balaban J connectivity index is 1.42. The highest BCUT2D eigenvalue weighted by molar-refractivity contribution is 5.90. The molecule has 1 N–H and O–H groups in total. The van der Waals surface area contributed by atoms with E-state index in [1.54, 1.807) is 12.4 Å². The van der Waals surface area contributed by atoms with Crippen molar-refractivity contribution in [1.82, 2.24) is 19.9 Å². The number of hydrogen-bond acceptors (Lipinski definition) is 5. The molecule has 0 radical (unpaired) electrons. The van der Waals surface area contributed by atoms with Gasteiger partial charge in [0, 0.05) is 35.1 Å². The molecule has 0 aromatic carbocycles. The predicted molar refractivity (Wildman–Crippen MR) is 119 cm³/mol. The number of nitrogens with one attached hydrogen (secondary N) is 1. The molecule has 4 saturated carbocycles. The van der Waals surface area contributed by atoms with Crippen LogP contribution >= 0.6 is 0 Å². The van der Waals surface area contributed by atoms with Gasteiger partial charge in [-0.1, -0.05) is 0 Å². The highest BCUT2D eigenvalue weighted by Crippen LogP contribution is 2.64. The second-order valence-electron chi connectivity index (χ2n) is 10.5. The molecule has 30 heavy (non-hydrogen) atoms. The van der Waals surface area contributed by atoms with Gasteiger partial charge in [-0.05, 0) is 93.7 Å². The number of pyridine rings is 2. The maximum atomic E-state index is 5.01. The third kappa shape index (κ3) is 2.82. The molecule has 4 aliphatic carbocycles. The average Bonchev–Trinajstić information content (AvgIpc) is 2.73. The molecule has 7 rings (SSSR count). The minimum absolute atomic E-state index is 0.0247. The quantitative estimate of drug-likeness (QED) is 0.628. The lowest BCUT2D eigenvalue weighted by molar-refractivity contribution is -0.0830. The highest BCUT2D eigenvalue weighted by Gasteiger charge is 2.57. The first-order chi connectivity index (χ1) is 14.5. The number of anilines is 1. The molecule has 0 unspecified atom stereocenters. The molecule has 3 aromatic rings. The largest absolute Gasteiger partial charge is 0.364 e. The second-order valence-corrected chi connectivity index (χ2v) is 10.5. The summed E-state index contributed by atoms with van der Waals surface area (Å²) >= 11 is 0. The average molecular weight is 400 g/mol. The lowest BCUT2D eigenvalue weighted by atomic mass is 9.45. The summed E-state index contributed by atoms with van der Waals surface area (Å²) in [7, 11) is 0. The molecule has 3 heterocycles. The topological polar surface area (TPSA) is 63.6 Å². The maximum Gasteiger partial charge on any atom is 0.162 e. The van der Waals surface area contributed by atoms with E-state index in [4.69, 9.17) is 9.97 Å². The van der Waals surface area contributed by atoms with Gasteiger partial charge in [-0.15, -0.1) is 0 Å². The van der Waals surface area contributed by atoms with E-state index < -0.39 is 0 Å². The number of fused-ring (bicyclic) bond motifs is 1. The predicted octanol–water partition coefficient (Wildman–Crippen LogP) is 5.49. The lowest BCUT2D eigenvalue weighted by Gasteiger charge is -2.62. The van der Waals surface area contributed by atoms with Crippen LogP contribution in [-0.2, 0) is 0 Å². The molecule has 0 saturated heterocycles. The molecule has 4 fully saturated rings. The van der Waals surface area contributed by atoms with Crippen molar-refractivity contribution in [2.24, 2.45) is 23.2 Å². The maximum absolute atomic E-state index is 5.01. The Morgan fingerprint density at radius 2 is 1.50 bits per heavy atom. The van der Waals surface area contributed by atoms with Crippen LogP contribution in [0.15, 0.2) is 43.0 Å². The third-order valence-corrected chi connectivity index (χ3v) is 8.23. The zero-order valence-electron chi connectivity index (χ0n) is 17.8. The molecule has 5 heteroatoms. The summed E-state index contributed by atoms with van der Waals surface area (Å²) in [6.45, 7) is 4.81. The van der Waals surface area contributed by atoms with Gasteiger partial charge < -0.3 is 5.32 Å². The van der Waals surface area contributed by atoms with Gasteiger partial charge in [-0.3, -0.25) is 9.97 Å². The van der Waals surface area contributed by atoms with Crippen LogP contribution in [0, 0.1) is 23.2 Å². The fourth-order valence-electron chi connectivity index (χ4n) is 7.01. The van der Waals surface area contributed by atoms with Gasteiger partial charge >= 0.3 is 0 Å². The van der Waals surface area contributed by atoms with Crippen molar-refractivity contribution in [3.63, 3.8) is 0 Å². The van der Waals surface area contributed by atoms with Crippen LogP contribution in [0.3, 0.4) is 0 Å². The summed E-state index contributed by atoms with van der Waals surface area (Å²) in [5.41, 5.74) is 2.20. The smallest absolute Gasteiger partial charge is 0.162 e. The minimum atomic E-state index is -0.0247. The molecule has 0 amide bonds. The molecule has 0 atom stereocenters. The van der Waals surface area contributed by atoms with E-state index >= 15 is 0 Å². The Morgan fingerprint density at radius 3 is 2.17 bits per heavy atom. The third-order valence-electron chi connectivity index (χ3n) is 8.23. The SMILES string of the molecule is CC(C)(Nc1nc(-c2ccncc2)nc2cnccc12)C12CC3CC(CC(C3)C1)C2. The van der Waals surface area contributed by atoms with Crippen molar-refractivity contribution in [2.75, 3.05) is 5.32 Å². The summed E-state index contributed by atoms with van der Waals surface area (Å²) < 4.78 is 0. The molecule has 4 aliphatic rings. The summed E-state index contributed by atoms with van der Waals surface area (Å²) in [5.74, 6) is 4.43. The van der Waals surface area contributed by atoms with Crippen molar-refractivity contribution in [3.8, 4) is 11.4 Å². The first-order valence-electron chi connectivity index (χ1n) is 11.3. The van der Waals surface area contributed by atoms with Crippen LogP contribution in [0.5, 0.6) is 0 Å². The van der Waals surface area contributed by atoms with E-state index in [9.17, 15) is 0 Å². The lowest BCUT2D eigenvalue weighted by Crippen LogP contribution is -2.59. The Morgan fingerprint density at radius 1 is 0.867 bits per heavy atom. The van der Waals surface area contributed by atoms with Gasteiger partial charge in [0.1, 0.15) is 5.82 Å². The second kappa shape index (κ2) is 6.47. The standard InChI is InChI=1S/C25H29N5/c1-24(2,25-12-16-9-17(13-25)11-18(10-16)14-25)30-23-20-5-8-27-15-21(20)28-22(29-23)19-3-6-26-7-4-19/h3-8,15-18H,9-14H2,1-2H3,(H,28,29,30). The van der Waals surface area contributed by atoms with Crippen molar-refractivity contribution in [2.45, 2.75) is 57.9 Å². The van der Waals surface area contributed by atoms with Gasteiger partial charge in [-0.25, -0.2) is 9.97 Å². The normalized spacial score (nSPS) is 30.0. The van der Waals surface area contributed by atoms with Crippen LogP contribution in [0.1, 0.15) is 52.4 Å². The fraction of sp³-hybridized carbons (Fsp3) is 0.520. The van der Waals surface area contributed by atoms with Crippen LogP contribution in [0.25, 0.3) is 22.3 Å². The van der Waals surface area contributed by atoms with Crippen LogP contribution in [-0.4, -0.2) is 25.5 Å². The molecule has 4 bridgehead atoms. The Bertz CT molecular complexity index is 1060. The van der Waals surface area contributed by atoms with E-state index in [2.05, 4.69) is 29.1 Å². The molecule has 3 aromatic heterocycles. The van der Waals surface area contributed by atoms with E-state index in [1.165, 1.54) is 38.5 Å². The fourth-order valence-corrected chi connectivity index (χ4v) is 7.01. The van der Waals surface area contributed by atoms with Crippen LogP contribution in [0.2, 0.25) is 0 Å². The first kappa shape index (κ1) is 18.2. The number of aromatic nitrogens is 4. The van der Waals surface area contributed by atoms with Crippen molar-refractivity contribution >= 4 is 16.7 Å². The minimum Gasteiger partial charge on any atom is -0.364 e. The number of hydrogen-bond donors (Lipinski definition) is 1. The molecular weight excluding hydrogens is 370 g/mol. The van der Waals surface area contributed by atoms with E-state index in [-0.39, 0.29) is 5.54 Å². The summed E-state index contributed by atoms with van der Waals surface area (Å²) in [6.07, 6.45) is 15.7. The zero-order valence-corrected chi connectivity index (χ0v) is 17.8. The van der Waals surface area contributed by atoms with Gasteiger partial charge in [0.05, 0.1) is 11.7 Å². The van der Waals surface area contributed by atoms with E-state index in [0.29, 0.717) is 5.41 Å². The van der Waals surface area contributed by atoms with Gasteiger partial charge in [0.2, 0.25) is 0 Å². The van der Waals surface area contributed by atoms with Crippen LogP contribution in [0.4, 0.5) is 5.82 Å². The van der Waals surface area contributed by atoms with E-state index in [1.807, 2.05) is 30.6 Å². The Labute approximate surface area is 177 Å². The Hall–Kier alpha value is -2.56. The molecular formula is C25H29N5. The number of rotatable bonds is 4. The van der Waals surface area contributed by atoms with Gasteiger partial charge in [0.25, 0.3) is 0 Å². The summed E-state index contributed by atoms with van der Waals surface area (Å²) in [5, 5.41) is 4.98. The molecule has 154 valence electrons.